The molecular weight excluding hydrogens is 258 g/mol. The fourth-order valence-electron chi connectivity index (χ4n) is 2.06. The van der Waals surface area contributed by atoms with Crippen molar-refractivity contribution in [2.24, 2.45) is 0 Å². The van der Waals surface area contributed by atoms with E-state index in [-0.39, 0.29) is 5.92 Å². The van der Waals surface area contributed by atoms with Crippen LogP contribution in [0.15, 0.2) is 11.7 Å². The quantitative estimate of drug-likeness (QED) is 0.930. The average molecular weight is 277 g/mol. The molecule has 0 amide bonds. The highest BCUT2D eigenvalue weighted by molar-refractivity contribution is 7.09. The van der Waals surface area contributed by atoms with Crippen molar-refractivity contribution in [2.45, 2.75) is 33.2 Å². The van der Waals surface area contributed by atoms with Crippen molar-refractivity contribution >= 4 is 23.0 Å². The summed E-state index contributed by atoms with van der Waals surface area (Å²) in [6.07, 6.45) is 1.51. The second kappa shape index (κ2) is 5.52. The van der Waals surface area contributed by atoms with Gasteiger partial charge in [0, 0.05) is 18.0 Å². The molecule has 0 radical (unpaired) electrons. The summed E-state index contributed by atoms with van der Waals surface area (Å²) in [7, 11) is 2.00. The molecule has 0 aliphatic heterocycles. The molecule has 0 spiro atoms. The van der Waals surface area contributed by atoms with Crippen LogP contribution in [-0.4, -0.2) is 22.0 Å². The fourth-order valence-corrected chi connectivity index (χ4v) is 2.66. The standard InChI is InChI=1S/C13H19N5S/c1-8(2)11-12(14)15-7-16-13(11)18(4)5-10-6-19-9(3)17-10/h6-8H,5H2,1-4H3,(H2,14,15,16). The Hall–Kier alpha value is -1.69. The normalized spacial score (nSPS) is 11.0. The van der Waals surface area contributed by atoms with Gasteiger partial charge in [0.05, 0.1) is 17.2 Å². The minimum absolute atomic E-state index is 0.288. The summed E-state index contributed by atoms with van der Waals surface area (Å²) in [5.74, 6) is 1.73. The van der Waals surface area contributed by atoms with Crippen LogP contribution in [0, 0.1) is 6.92 Å². The van der Waals surface area contributed by atoms with Crippen LogP contribution < -0.4 is 10.6 Å². The van der Waals surface area contributed by atoms with Gasteiger partial charge in [-0.05, 0) is 12.8 Å². The highest BCUT2D eigenvalue weighted by atomic mass is 32.1. The van der Waals surface area contributed by atoms with Gasteiger partial charge in [-0.1, -0.05) is 13.8 Å². The molecule has 0 atom stereocenters. The number of anilines is 2. The summed E-state index contributed by atoms with van der Waals surface area (Å²) in [5.41, 5.74) is 8.02. The van der Waals surface area contributed by atoms with E-state index in [1.54, 1.807) is 11.3 Å². The van der Waals surface area contributed by atoms with Gasteiger partial charge in [0.2, 0.25) is 0 Å². The van der Waals surface area contributed by atoms with Crippen LogP contribution in [0.4, 0.5) is 11.6 Å². The van der Waals surface area contributed by atoms with Crippen molar-refractivity contribution < 1.29 is 0 Å². The number of aromatic nitrogens is 3. The molecule has 0 fully saturated rings. The van der Waals surface area contributed by atoms with E-state index in [0.717, 1.165) is 28.6 Å². The maximum atomic E-state index is 5.97. The molecule has 6 heteroatoms. The highest BCUT2D eigenvalue weighted by Crippen LogP contribution is 2.29. The minimum atomic E-state index is 0.288. The lowest BCUT2D eigenvalue weighted by Crippen LogP contribution is -2.21. The smallest absolute Gasteiger partial charge is 0.137 e. The van der Waals surface area contributed by atoms with Gasteiger partial charge in [0.1, 0.15) is 18.0 Å². The summed E-state index contributed by atoms with van der Waals surface area (Å²) in [6, 6.07) is 0. The van der Waals surface area contributed by atoms with Gasteiger partial charge in [-0.25, -0.2) is 15.0 Å². The molecule has 0 saturated heterocycles. The van der Waals surface area contributed by atoms with Crippen LogP contribution >= 0.6 is 11.3 Å². The molecular formula is C13H19N5S. The zero-order chi connectivity index (χ0) is 14.0. The van der Waals surface area contributed by atoms with Gasteiger partial charge in [-0.15, -0.1) is 11.3 Å². The SMILES string of the molecule is Cc1nc(CN(C)c2ncnc(N)c2C(C)C)cs1. The molecule has 2 rings (SSSR count). The van der Waals surface area contributed by atoms with E-state index in [2.05, 4.69) is 39.1 Å². The predicted molar refractivity (Wildman–Crippen MR) is 79.5 cm³/mol. The number of hydrogen-bond donors (Lipinski definition) is 1. The zero-order valence-corrected chi connectivity index (χ0v) is 12.5. The third kappa shape index (κ3) is 3.01. The maximum Gasteiger partial charge on any atom is 0.137 e. The Labute approximate surface area is 117 Å². The van der Waals surface area contributed by atoms with Crippen molar-refractivity contribution in [1.82, 2.24) is 15.0 Å². The lowest BCUT2D eigenvalue weighted by Gasteiger charge is -2.22. The highest BCUT2D eigenvalue weighted by Gasteiger charge is 2.16. The van der Waals surface area contributed by atoms with Crippen molar-refractivity contribution in [3.05, 3.63) is 28.0 Å². The van der Waals surface area contributed by atoms with E-state index in [1.807, 2.05) is 14.0 Å². The topological polar surface area (TPSA) is 67.9 Å². The van der Waals surface area contributed by atoms with Gasteiger partial charge in [-0.2, -0.15) is 0 Å². The summed E-state index contributed by atoms with van der Waals surface area (Å²) in [4.78, 5) is 15.0. The van der Waals surface area contributed by atoms with E-state index in [4.69, 9.17) is 5.73 Å². The van der Waals surface area contributed by atoms with Crippen LogP contribution in [0.3, 0.4) is 0 Å². The second-order valence-electron chi connectivity index (χ2n) is 4.86. The molecule has 0 bridgehead atoms. The number of thiazole rings is 1. The van der Waals surface area contributed by atoms with Crippen LogP contribution in [0.5, 0.6) is 0 Å². The Morgan fingerprint density at radius 3 is 2.68 bits per heavy atom. The number of aryl methyl sites for hydroxylation is 1. The molecule has 19 heavy (non-hydrogen) atoms. The van der Waals surface area contributed by atoms with Crippen molar-refractivity contribution in [2.75, 3.05) is 17.7 Å². The molecule has 2 heterocycles. The summed E-state index contributed by atoms with van der Waals surface area (Å²) in [5, 5.41) is 3.15. The molecule has 2 N–H and O–H groups in total. The van der Waals surface area contributed by atoms with E-state index in [9.17, 15) is 0 Å². The summed E-state index contributed by atoms with van der Waals surface area (Å²) < 4.78 is 0. The first-order chi connectivity index (χ1) is 8.99. The number of nitrogens with two attached hydrogens (primary N) is 1. The van der Waals surface area contributed by atoms with Crippen LogP contribution in [0.2, 0.25) is 0 Å². The monoisotopic (exact) mass is 277 g/mol. The van der Waals surface area contributed by atoms with Gasteiger partial charge in [0.15, 0.2) is 0 Å². The first-order valence-electron chi connectivity index (χ1n) is 6.21. The number of nitrogen functional groups attached to an aromatic ring is 1. The van der Waals surface area contributed by atoms with Gasteiger partial charge in [-0.3, -0.25) is 0 Å². The third-order valence-corrected chi connectivity index (χ3v) is 3.72. The molecule has 0 aliphatic rings. The molecule has 102 valence electrons. The Kier molecular flexibility index (Phi) is 3.99. The molecule has 0 unspecified atom stereocenters. The van der Waals surface area contributed by atoms with Crippen molar-refractivity contribution in [3.8, 4) is 0 Å². The van der Waals surface area contributed by atoms with E-state index >= 15 is 0 Å². The summed E-state index contributed by atoms with van der Waals surface area (Å²) in [6.45, 7) is 6.93. The molecule has 0 aliphatic carbocycles. The Morgan fingerprint density at radius 1 is 1.37 bits per heavy atom. The Bertz CT molecular complexity index is 564. The van der Waals surface area contributed by atoms with Crippen molar-refractivity contribution in [1.29, 1.82) is 0 Å². The Morgan fingerprint density at radius 2 is 2.11 bits per heavy atom. The van der Waals surface area contributed by atoms with Gasteiger partial charge >= 0.3 is 0 Å². The first-order valence-corrected chi connectivity index (χ1v) is 7.09. The molecule has 5 nitrogen and oxygen atoms in total. The predicted octanol–water partition coefficient (Wildman–Crippen LogP) is 2.58. The largest absolute Gasteiger partial charge is 0.383 e. The zero-order valence-electron chi connectivity index (χ0n) is 11.7. The lowest BCUT2D eigenvalue weighted by atomic mass is 10.0. The van der Waals surface area contributed by atoms with E-state index in [0.29, 0.717) is 5.82 Å². The van der Waals surface area contributed by atoms with Crippen LogP contribution in [0.1, 0.15) is 36.0 Å². The number of nitrogens with zero attached hydrogens (tertiary/aromatic N) is 4. The lowest BCUT2D eigenvalue weighted by molar-refractivity contribution is 0.804. The Balaban J connectivity index is 2.28. The van der Waals surface area contributed by atoms with E-state index < -0.39 is 0 Å². The molecule has 2 aromatic rings. The number of rotatable bonds is 4. The summed E-state index contributed by atoms with van der Waals surface area (Å²) >= 11 is 1.66. The van der Waals surface area contributed by atoms with Crippen LogP contribution in [0.25, 0.3) is 0 Å². The third-order valence-electron chi connectivity index (χ3n) is 2.90. The van der Waals surface area contributed by atoms with Crippen LogP contribution in [-0.2, 0) is 6.54 Å². The molecule has 0 saturated carbocycles. The van der Waals surface area contributed by atoms with Crippen molar-refractivity contribution in [3.63, 3.8) is 0 Å². The van der Waals surface area contributed by atoms with Gasteiger partial charge in [0.25, 0.3) is 0 Å². The first kappa shape index (κ1) is 13.7. The second-order valence-corrected chi connectivity index (χ2v) is 5.93. The maximum absolute atomic E-state index is 5.97. The van der Waals surface area contributed by atoms with Gasteiger partial charge < -0.3 is 10.6 Å². The minimum Gasteiger partial charge on any atom is -0.383 e. The van der Waals surface area contributed by atoms with E-state index in [1.165, 1.54) is 6.33 Å². The molecule has 0 aromatic carbocycles. The number of hydrogen-bond acceptors (Lipinski definition) is 6. The molecule has 2 aromatic heterocycles. The average Bonchev–Trinajstić information content (AvgIpc) is 2.73. The fraction of sp³-hybridized carbons (Fsp3) is 0.462.